The highest BCUT2D eigenvalue weighted by Crippen LogP contribution is 2.47. The second kappa shape index (κ2) is 9.20. The summed E-state index contributed by atoms with van der Waals surface area (Å²) in [6.07, 6.45) is 0.726. The predicted octanol–water partition coefficient (Wildman–Crippen LogP) is 4.22. The van der Waals surface area contributed by atoms with Gasteiger partial charge < -0.3 is 20.1 Å². The number of nitrogens with zero attached hydrogens (tertiary/aromatic N) is 1. The number of nitrogens with one attached hydrogen (secondary N) is 1. The van der Waals surface area contributed by atoms with Gasteiger partial charge in [0, 0.05) is 29.3 Å². The zero-order chi connectivity index (χ0) is 23.7. The monoisotopic (exact) mass is 456 g/mol. The summed E-state index contributed by atoms with van der Waals surface area (Å²) in [6.45, 7) is 0.462. The number of aliphatic hydroxyl groups excluding tert-OH is 1. The maximum Gasteiger partial charge on any atom is 0.257 e. The number of halogens is 1. The summed E-state index contributed by atoms with van der Waals surface area (Å²) in [5.41, 5.74) is 3.57. The van der Waals surface area contributed by atoms with Gasteiger partial charge in [-0.3, -0.25) is 4.79 Å². The van der Waals surface area contributed by atoms with Crippen LogP contribution in [0.2, 0.25) is 0 Å². The number of ether oxygens (including phenoxy) is 1. The second-order valence-corrected chi connectivity index (χ2v) is 8.59. The Hall–Kier alpha value is -3.82. The molecule has 3 aromatic rings. The van der Waals surface area contributed by atoms with Crippen LogP contribution < -0.4 is 10.1 Å². The highest BCUT2D eigenvalue weighted by Gasteiger charge is 2.46. The highest BCUT2D eigenvalue weighted by atomic mass is 19.1. The summed E-state index contributed by atoms with van der Waals surface area (Å²) in [4.78, 5) is 15.1. The molecule has 3 aromatic carbocycles. The second-order valence-electron chi connectivity index (χ2n) is 8.59. The summed E-state index contributed by atoms with van der Waals surface area (Å²) in [5.74, 6) is 6.32. The molecule has 0 spiro atoms. The Balaban J connectivity index is 1.50. The molecule has 6 heteroatoms. The van der Waals surface area contributed by atoms with E-state index in [-0.39, 0.29) is 36.1 Å². The molecule has 1 amide bonds. The quantitative estimate of drug-likeness (QED) is 0.580. The van der Waals surface area contributed by atoms with Crippen molar-refractivity contribution in [3.63, 3.8) is 0 Å². The molecule has 2 N–H and O–H groups in total. The van der Waals surface area contributed by atoms with Gasteiger partial charge in [0.05, 0.1) is 31.4 Å². The normalized spacial score (nSPS) is 20.4. The molecule has 2 aliphatic rings. The number of fused-ring (bicyclic) bond motifs is 3. The van der Waals surface area contributed by atoms with Gasteiger partial charge in [-0.05, 0) is 66.6 Å². The number of carbonyl (C=O) groups is 1. The highest BCUT2D eigenvalue weighted by molar-refractivity contribution is 5.95. The number of likely N-dealkylation sites (tertiary alicyclic amines) is 1. The molecule has 0 unspecified atom stereocenters. The first-order chi connectivity index (χ1) is 16.6. The number of methoxy groups -OCH3 is 1. The number of hydrogen-bond donors (Lipinski definition) is 2. The average Bonchev–Trinajstić information content (AvgIpc) is 3.33. The topological polar surface area (TPSA) is 61.8 Å². The van der Waals surface area contributed by atoms with Crippen LogP contribution in [0.15, 0.2) is 66.7 Å². The van der Waals surface area contributed by atoms with Crippen molar-refractivity contribution in [1.82, 2.24) is 4.90 Å². The molecule has 5 rings (SSSR count). The van der Waals surface area contributed by atoms with Crippen LogP contribution in [-0.4, -0.2) is 42.2 Å². The molecule has 172 valence electrons. The van der Waals surface area contributed by atoms with E-state index < -0.39 is 5.82 Å². The van der Waals surface area contributed by atoms with Crippen LogP contribution in [0.3, 0.4) is 0 Å². The van der Waals surface area contributed by atoms with Crippen molar-refractivity contribution in [2.24, 2.45) is 5.92 Å². The Morgan fingerprint density at radius 2 is 1.85 bits per heavy atom. The standard InChI is InChI=1S/C28H25FN2O3/c1-34-20-11-8-18(9-12-20)6-7-19-10-13-25-23(16-19)27-22(26(17-32)30-25)14-15-31(27)28(33)21-4-2-3-5-24(21)29/h2-5,8-13,16,22,26-27,30,32H,14-15,17H2,1H3/t22-,26+,27-/m1/s1. The minimum Gasteiger partial charge on any atom is -0.497 e. The number of carbonyl (C=O) groups excluding carboxylic acids is 1. The summed E-state index contributed by atoms with van der Waals surface area (Å²) in [5, 5.41) is 13.4. The summed E-state index contributed by atoms with van der Waals surface area (Å²) < 4.78 is 19.6. The van der Waals surface area contributed by atoms with Crippen LogP contribution in [-0.2, 0) is 0 Å². The van der Waals surface area contributed by atoms with Gasteiger partial charge in [-0.15, -0.1) is 0 Å². The number of anilines is 1. The van der Waals surface area contributed by atoms with Gasteiger partial charge >= 0.3 is 0 Å². The number of amides is 1. The maximum atomic E-state index is 14.4. The Bertz CT molecular complexity index is 1280. The van der Waals surface area contributed by atoms with E-state index in [1.807, 2.05) is 42.5 Å². The SMILES string of the molecule is COc1ccc(C#Cc2ccc3c(c2)[C@H]2[C@H](CCN2C(=O)c2ccccc2F)[C@H](CO)N3)cc1. The van der Waals surface area contributed by atoms with Crippen molar-refractivity contribution < 1.29 is 19.0 Å². The average molecular weight is 457 g/mol. The fourth-order valence-corrected chi connectivity index (χ4v) is 4.98. The maximum absolute atomic E-state index is 14.4. The van der Waals surface area contributed by atoms with Crippen molar-refractivity contribution in [3.05, 3.63) is 94.8 Å². The van der Waals surface area contributed by atoms with E-state index >= 15 is 0 Å². The zero-order valence-electron chi connectivity index (χ0n) is 18.8. The molecule has 0 radical (unpaired) electrons. The van der Waals surface area contributed by atoms with Gasteiger partial charge in [-0.25, -0.2) is 4.39 Å². The zero-order valence-corrected chi connectivity index (χ0v) is 18.8. The van der Waals surface area contributed by atoms with E-state index in [9.17, 15) is 14.3 Å². The fraction of sp³-hybridized carbons (Fsp3) is 0.250. The van der Waals surface area contributed by atoms with Crippen molar-refractivity contribution in [1.29, 1.82) is 0 Å². The molecule has 0 aromatic heterocycles. The summed E-state index contributed by atoms with van der Waals surface area (Å²) in [7, 11) is 1.62. The molecular formula is C28H25FN2O3. The Morgan fingerprint density at radius 1 is 1.12 bits per heavy atom. The molecule has 0 bridgehead atoms. The molecule has 0 saturated carbocycles. The first-order valence-corrected chi connectivity index (χ1v) is 11.3. The third-order valence-corrected chi connectivity index (χ3v) is 6.68. The van der Waals surface area contributed by atoms with Gasteiger partial charge in [-0.1, -0.05) is 24.0 Å². The van der Waals surface area contributed by atoms with Crippen LogP contribution in [0.25, 0.3) is 0 Å². The molecule has 1 fully saturated rings. The molecule has 0 aliphatic carbocycles. The smallest absolute Gasteiger partial charge is 0.257 e. The number of aliphatic hydroxyl groups is 1. The fourth-order valence-electron chi connectivity index (χ4n) is 4.98. The third kappa shape index (κ3) is 4.00. The molecule has 2 aliphatic heterocycles. The largest absolute Gasteiger partial charge is 0.497 e. The lowest BCUT2D eigenvalue weighted by Gasteiger charge is -2.39. The van der Waals surface area contributed by atoms with E-state index in [1.165, 1.54) is 12.1 Å². The van der Waals surface area contributed by atoms with E-state index in [4.69, 9.17) is 4.74 Å². The minimum absolute atomic E-state index is 0.0259. The van der Waals surface area contributed by atoms with E-state index in [1.54, 1.807) is 24.1 Å². The Kier molecular flexibility index (Phi) is 5.95. The molecular weight excluding hydrogens is 431 g/mol. The Morgan fingerprint density at radius 3 is 2.59 bits per heavy atom. The van der Waals surface area contributed by atoms with E-state index in [0.29, 0.717) is 6.54 Å². The lowest BCUT2D eigenvalue weighted by Crippen LogP contribution is -2.43. The summed E-state index contributed by atoms with van der Waals surface area (Å²) in [6, 6.07) is 19.0. The molecule has 3 atom stereocenters. The van der Waals surface area contributed by atoms with Crippen molar-refractivity contribution in [3.8, 4) is 17.6 Å². The lowest BCUT2D eigenvalue weighted by molar-refractivity contribution is 0.0696. The van der Waals surface area contributed by atoms with Crippen molar-refractivity contribution >= 4 is 11.6 Å². The van der Waals surface area contributed by atoms with E-state index in [0.717, 1.165) is 34.5 Å². The van der Waals surface area contributed by atoms with Gasteiger partial charge in [-0.2, -0.15) is 0 Å². The van der Waals surface area contributed by atoms with Crippen molar-refractivity contribution in [2.45, 2.75) is 18.5 Å². The van der Waals surface area contributed by atoms with Crippen LogP contribution in [0, 0.1) is 23.6 Å². The molecule has 2 heterocycles. The molecule has 1 saturated heterocycles. The molecule has 5 nitrogen and oxygen atoms in total. The number of benzene rings is 3. The Labute approximate surface area is 198 Å². The van der Waals surface area contributed by atoms with Crippen LogP contribution in [0.4, 0.5) is 10.1 Å². The van der Waals surface area contributed by atoms with Gasteiger partial charge in [0.25, 0.3) is 5.91 Å². The van der Waals surface area contributed by atoms with Crippen LogP contribution >= 0.6 is 0 Å². The van der Waals surface area contributed by atoms with Gasteiger partial charge in [0.15, 0.2) is 0 Å². The van der Waals surface area contributed by atoms with Gasteiger partial charge in [0.1, 0.15) is 11.6 Å². The van der Waals surface area contributed by atoms with Crippen molar-refractivity contribution in [2.75, 3.05) is 25.6 Å². The predicted molar refractivity (Wildman–Crippen MR) is 128 cm³/mol. The first kappa shape index (κ1) is 22.0. The lowest BCUT2D eigenvalue weighted by atomic mass is 9.82. The van der Waals surface area contributed by atoms with Crippen LogP contribution in [0.1, 0.15) is 39.5 Å². The molecule has 34 heavy (non-hydrogen) atoms. The number of rotatable bonds is 3. The van der Waals surface area contributed by atoms with E-state index in [2.05, 4.69) is 17.2 Å². The minimum atomic E-state index is -0.525. The number of hydrogen-bond acceptors (Lipinski definition) is 4. The first-order valence-electron chi connectivity index (χ1n) is 11.3. The third-order valence-electron chi connectivity index (χ3n) is 6.68. The summed E-state index contributed by atoms with van der Waals surface area (Å²) >= 11 is 0. The van der Waals surface area contributed by atoms with Gasteiger partial charge in [0.2, 0.25) is 0 Å². The van der Waals surface area contributed by atoms with Crippen LogP contribution in [0.5, 0.6) is 5.75 Å².